The van der Waals surface area contributed by atoms with Crippen LogP contribution in [0.25, 0.3) is 0 Å². The Balaban J connectivity index is 2.04. The number of hydrogen-bond acceptors (Lipinski definition) is 5. The molecule has 1 atom stereocenters. The lowest BCUT2D eigenvalue weighted by molar-refractivity contribution is -0.136. The summed E-state index contributed by atoms with van der Waals surface area (Å²) in [6.45, 7) is 0. The number of aliphatic carboxylic acids is 1. The van der Waals surface area contributed by atoms with Crippen molar-refractivity contribution in [2.24, 2.45) is 0 Å². The molecule has 1 aliphatic heterocycles. The van der Waals surface area contributed by atoms with Gasteiger partial charge in [0.05, 0.1) is 23.1 Å². The zero-order chi connectivity index (χ0) is 13.2. The van der Waals surface area contributed by atoms with Crippen LogP contribution in [0, 0.1) is 0 Å². The largest absolute Gasteiger partial charge is 0.481 e. The summed E-state index contributed by atoms with van der Waals surface area (Å²) in [6, 6.07) is 0. The van der Waals surface area contributed by atoms with Crippen LogP contribution in [0.1, 0.15) is 30.8 Å². The second-order valence-electron chi connectivity index (χ2n) is 4.49. The third kappa shape index (κ3) is 3.10. The number of rotatable bonds is 4. The highest BCUT2D eigenvalue weighted by molar-refractivity contribution is 7.92. The van der Waals surface area contributed by atoms with Crippen molar-refractivity contribution >= 4 is 15.8 Å². The maximum atomic E-state index is 11.8. The molecular weight excluding hydrogens is 258 g/mol. The van der Waals surface area contributed by atoms with Crippen molar-refractivity contribution in [3.63, 3.8) is 0 Å². The molecule has 1 aromatic heterocycles. The first-order valence-electron chi connectivity index (χ1n) is 5.84. The second-order valence-corrected chi connectivity index (χ2v) is 6.89. The Kier molecular flexibility index (Phi) is 3.70. The molecule has 7 heteroatoms. The molecule has 0 radical (unpaired) electrons. The van der Waals surface area contributed by atoms with E-state index < -0.39 is 21.1 Å². The van der Waals surface area contributed by atoms with Crippen LogP contribution in [-0.2, 0) is 27.5 Å². The van der Waals surface area contributed by atoms with E-state index in [1.165, 1.54) is 6.26 Å². The molecule has 1 saturated heterocycles. The van der Waals surface area contributed by atoms with Crippen LogP contribution in [0.15, 0.2) is 10.7 Å². The first-order valence-corrected chi connectivity index (χ1v) is 7.55. The molecule has 18 heavy (non-hydrogen) atoms. The molecule has 0 aromatic carbocycles. The van der Waals surface area contributed by atoms with Crippen LogP contribution >= 0.6 is 0 Å². The third-order valence-electron chi connectivity index (χ3n) is 3.05. The Bertz CT molecular complexity index is 533. The number of aromatic nitrogens is 1. The van der Waals surface area contributed by atoms with Crippen molar-refractivity contribution in [3.05, 3.63) is 17.8 Å². The maximum absolute atomic E-state index is 11.8. The minimum atomic E-state index is -3.05. The molecule has 0 aliphatic carbocycles. The van der Waals surface area contributed by atoms with Gasteiger partial charge in [0, 0.05) is 6.42 Å². The summed E-state index contributed by atoms with van der Waals surface area (Å²) >= 11 is 0. The van der Waals surface area contributed by atoms with Crippen LogP contribution in [0.3, 0.4) is 0 Å². The number of sulfone groups is 1. The van der Waals surface area contributed by atoms with Crippen molar-refractivity contribution in [3.8, 4) is 0 Å². The summed E-state index contributed by atoms with van der Waals surface area (Å²) in [5.74, 6) is -0.456. The van der Waals surface area contributed by atoms with Crippen LogP contribution < -0.4 is 0 Å². The normalized spacial score (nSPS) is 22.8. The van der Waals surface area contributed by atoms with Gasteiger partial charge < -0.3 is 9.52 Å². The van der Waals surface area contributed by atoms with E-state index in [1.54, 1.807) is 0 Å². The van der Waals surface area contributed by atoms with E-state index in [0.717, 1.165) is 6.42 Å². The first kappa shape index (κ1) is 13.1. The minimum absolute atomic E-state index is 0.207. The Morgan fingerprint density at radius 3 is 2.94 bits per heavy atom. The highest BCUT2D eigenvalue weighted by atomic mass is 32.2. The van der Waals surface area contributed by atoms with Crippen molar-refractivity contribution in [2.75, 3.05) is 5.75 Å². The number of oxazole rings is 1. The van der Waals surface area contributed by atoms with Crippen LogP contribution in [0.2, 0.25) is 0 Å². The molecule has 1 aromatic rings. The van der Waals surface area contributed by atoms with E-state index in [1.807, 2.05) is 0 Å². The van der Waals surface area contributed by atoms with Gasteiger partial charge in [-0.1, -0.05) is 6.42 Å². The van der Waals surface area contributed by atoms with Crippen molar-refractivity contribution in [1.29, 1.82) is 0 Å². The molecule has 0 spiro atoms. The summed E-state index contributed by atoms with van der Waals surface area (Å²) < 4.78 is 28.7. The van der Waals surface area contributed by atoms with Gasteiger partial charge in [0.2, 0.25) is 0 Å². The number of carbonyl (C=O) groups is 1. The molecule has 0 bridgehead atoms. The summed E-state index contributed by atoms with van der Waals surface area (Å²) in [5, 5.41) is 8.16. The first-order chi connectivity index (χ1) is 8.47. The molecule has 2 heterocycles. The van der Waals surface area contributed by atoms with Gasteiger partial charge in [-0.3, -0.25) is 4.79 Å². The summed E-state index contributed by atoms with van der Waals surface area (Å²) in [5.41, 5.74) is 0.325. The standard InChI is InChI=1S/C11H15NO5S/c13-11(14)5-8-7-17-10(12-8)6-9-3-1-2-4-18(9,15)16/h7,9H,1-6H2,(H,13,14). The maximum Gasteiger partial charge on any atom is 0.309 e. The van der Waals surface area contributed by atoms with Gasteiger partial charge in [0.15, 0.2) is 15.7 Å². The summed E-state index contributed by atoms with van der Waals surface area (Å²) in [6.07, 6.45) is 3.54. The fourth-order valence-electron chi connectivity index (χ4n) is 2.12. The molecule has 0 amide bonds. The molecule has 6 nitrogen and oxygen atoms in total. The number of nitrogens with zero attached hydrogens (tertiary/aromatic N) is 1. The van der Waals surface area contributed by atoms with Gasteiger partial charge in [0.25, 0.3) is 0 Å². The Hall–Kier alpha value is -1.37. The average Bonchev–Trinajstić information content (AvgIpc) is 2.68. The van der Waals surface area contributed by atoms with E-state index in [9.17, 15) is 13.2 Å². The molecule has 1 unspecified atom stereocenters. The van der Waals surface area contributed by atoms with Crippen molar-refractivity contribution in [2.45, 2.75) is 37.4 Å². The van der Waals surface area contributed by atoms with Gasteiger partial charge in [-0.15, -0.1) is 0 Å². The van der Waals surface area contributed by atoms with Gasteiger partial charge >= 0.3 is 5.97 Å². The van der Waals surface area contributed by atoms with Crippen LogP contribution in [0.5, 0.6) is 0 Å². The Labute approximate surface area is 105 Å². The van der Waals surface area contributed by atoms with E-state index in [-0.39, 0.29) is 18.6 Å². The predicted octanol–water partition coefficient (Wildman–Crippen LogP) is 0.812. The molecule has 1 aliphatic rings. The molecule has 1 fully saturated rings. The van der Waals surface area contributed by atoms with E-state index in [2.05, 4.69) is 4.98 Å². The number of hydrogen-bond donors (Lipinski definition) is 1. The van der Waals surface area contributed by atoms with Crippen LogP contribution in [-0.4, -0.2) is 35.5 Å². The molecular formula is C11H15NO5S. The van der Waals surface area contributed by atoms with E-state index in [0.29, 0.717) is 24.4 Å². The predicted molar refractivity (Wildman–Crippen MR) is 63.0 cm³/mol. The number of carboxylic acid groups (broad SMARTS) is 1. The second kappa shape index (κ2) is 5.09. The van der Waals surface area contributed by atoms with Gasteiger partial charge in [-0.25, -0.2) is 13.4 Å². The lowest BCUT2D eigenvalue weighted by Gasteiger charge is -2.20. The Morgan fingerprint density at radius 2 is 2.28 bits per heavy atom. The molecule has 1 N–H and O–H groups in total. The Morgan fingerprint density at radius 1 is 1.50 bits per heavy atom. The summed E-state index contributed by atoms with van der Waals surface area (Å²) in [7, 11) is -3.05. The number of carboxylic acids is 1. The van der Waals surface area contributed by atoms with E-state index in [4.69, 9.17) is 9.52 Å². The van der Waals surface area contributed by atoms with Crippen molar-refractivity contribution in [1.82, 2.24) is 4.98 Å². The zero-order valence-corrected chi connectivity index (χ0v) is 10.6. The highest BCUT2D eigenvalue weighted by Gasteiger charge is 2.30. The highest BCUT2D eigenvalue weighted by Crippen LogP contribution is 2.22. The zero-order valence-electron chi connectivity index (χ0n) is 9.83. The smallest absolute Gasteiger partial charge is 0.309 e. The quantitative estimate of drug-likeness (QED) is 0.871. The van der Waals surface area contributed by atoms with Gasteiger partial charge in [-0.2, -0.15) is 0 Å². The van der Waals surface area contributed by atoms with Gasteiger partial charge in [-0.05, 0) is 12.8 Å². The lowest BCUT2D eigenvalue weighted by Crippen LogP contribution is -2.30. The monoisotopic (exact) mass is 273 g/mol. The fraction of sp³-hybridized carbons (Fsp3) is 0.636. The van der Waals surface area contributed by atoms with Crippen molar-refractivity contribution < 1.29 is 22.7 Å². The third-order valence-corrected chi connectivity index (χ3v) is 5.32. The lowest BCUT2D eigenvalue weighted by atomic mass is 10.1. The topological polar surface area (TPSA) is 97.5 Å². The SMILES string of the molecule is O=C(O)Cc1coc(CC2CCCCS2(=O)=O)n1. The molecule has 0 saturated carbocycles. The molecule has 100 valence electrons. The summed E-state index contributed by atoms with van der Waals surface area (Å²) in [4.78, 5) is 14.5. The van der Waals surface area contributed by atoms with Gasteiger partial charge in [0.1, 0.15) is 6.26 Å². The fourth-order valence-corrected chi connectivity index (χ4v) is 3.99. The molecule has 2 rings (SSSR count). The minimum Gasteiger partial charge on any atom is -0.481 e. The van der Waals surface area contributed by atoms with E-state index >= 15 is 0 Å². The van der Waals surface area contributed by atoms with Crippen LogP contribution in [0.4, 0.5) is 0 Å². The average molecular weight is 273 g/mol.